The first kappa shape index (κ1) is 11.5. The van der Waals surface area contributed by atoms with E-state index in [2.05, 4.69) is 28.8 Å². The number of aryl methyl sites for hydroxylation is 1. The summed E-state index contributed by atoms with van der Waals surface area (Å²) in [5.74, 6) is 1.03. The zero-order valence-corrected chi connectivity index (χ0v) is 10.1. The predicted molar refractivity (Wildman–Crippen MR) is 62.9 cm³/mol. The van der Waals surface area contributed by atoms with Gasteiger partial charge in [0.25, 0.3) is 0 Å². The fourth-order valence-corrected chi connectivity index (χ4v) is 2.52. The number of hydrogen-bond acceptors (Lipinski definition) is 4. The van der Waals surface area contributed by atoms with E-state index in [0.29, 0.717) is 0 Å². The van der Waals surface area contributed by atoms with Crippen molar-refractivity contribution in [2.75, 3.05) is 13.1 Å². The molecule has 90 valence electrons. The van der Waals surface area contributed by atoms with Crippen molar-refractivity contribution in [2.45, 2.75) is 45.3 Å². The van der Waals surface area contributed by atoms with Crippen LogP contribution in [-0.2, 0) is 6.54 Å². The van der Waals surface area contributed by atoms with Gasteiger partial charge in [0.2, 0.25) is 0 Å². The fraction of sp³-hybridized carbons (Fsp3) is 0.818. The average Bonchev–Trinajstić information content (AvgIpc) is 2.85. The molecule has 0 amide bonds. The monoisotopic (exact) mass is 223 g/mol. The quantitative estimate of drug-likeness (QED) is 0.819. The summed E-state index contributed by atoms with van der Waals surface area (Å²) in [4.78, 5) is 6.81. The summed E-state index contributed by atoms with van der Waals surface area (Å²) in [7, 11) is 0. The lowest BCUT2D eigenvalue weighted by Crippen LogP contribution is -2.34. The highest BCUT2D eigenvalue weighted by molar-refractivity contribution is 5.04. The van der Waals surface area contributed by atoms with Crippen LogP contribution in [0, 0.1) is 0 Å². The van der Waals surface area contributed by atoms with Gasteiger partial charge in [-0.3, -0.25) is 4.90 Å². The summed E-state index contributed by atoms with van der Waals surface area (Å²) >= 11 is 0. The molecule has 5 nitrogen and oxygen atoms in total. The van der Waals surface area contributed by atoms with Crippen LogP contribution in [-0.4, -0.2) is 38.8 Å². The topological polar surface area (TPSA) is 60.0 Å². The summed E-state index contributed by atoms with van der Waals surface area (Å²) < 4.78 is 1.96. The van der Waals surface area contributed by atoms with E-state index < -0.39 is 0 Å². The molecule has 0 spiro atoms. The highest BCUT2D eigenvalue weighted by atomic mass is 15.4. The van der Waals surface area contributed by atoms with Gasteiger partial charge in [-0.05, 0) is 26.3 Å². The first-order valence-electron chi connectivity index (χ1n) is 6.15. The minimum Gasteiger partial charge on any atom is -0.326 e. The minimum absolute atomic E-state index is 0.195. The number of aromatic nitrogens is 3. The molecule has 0 aromatic carbocycles. The number of likely N-dealkylation sites (tertiary alicyclic amines) is 1. The minimum atomic E-state index is 0.195. The van der Waals surface area contributed by atoms with E-state index in [9.17, 15) is 0 Å². The van der Waals surface area contributed by atoms with Crippen LogP contribution in [0.5, 0.6) is 0 Å². The Hall–Kier alpha value is -0.940. The molecular weight excluding hydrogens is 202 g/mol. The highest BCUT2D eigenvalue weighted by Crippen LogP contribution is 2.29. The van der Waals surface area contributed by atoms with E-state index in [0.717, 1.165) is 38.3 Å². The Morgan fingerprint density at radius 3 is 3.00 bits per heavy atom. The Kier molecular flexibility index (Phi) is 3.56. The standard InChI is InChI=1S/C11H21N5/c1-3-6-15-7-5-9(12)10(15)11-13-8-14-16(11)4-2/h8-10H,3-7,12H2,1-2H3. The normalized spacial score (nSPS) is 26.4. The van der Waals surface area contributed by atoms with Gasteiger partial charge in [0.05, 0.1) is 6.04 Å². The first-order chi connectivity index (χ1) is 7.77. The maximum atomic E-state index is 6.19. The maximum absolute atomic E-state index is 6.19. The summed E-state index contributed by atoms with van der Waals surface area (Å²) in [6.45, 7) is 7.32. The summed E-state index contributed by atoms with van der Waals surface area (Å²) in [6, 6.07) is 0.448. The molecule has 1 aromatic heterocycles. The van der Waals surface area contributed by atoms with Gasteiger partial charge in [0, 0.05) is 19.1 Å². The summed E-state index contributed by atoms with van der Waals surface area (Å²) in [5, 5.41) is 4.23. The molecule has 1 fully saturated rings. The molecule has 1 aromatic rings. The van der Waals surface area contributed by atoms with Crippen LogP contribution < -0.4 is 5.73 Å². The van der Waals surface area contributed by atoms with Crippen LogP contribution >= 0.6 is 0 Å². The summed E-state index contributed by atoms with van der Waals surface area (Å²) in [6.07, 6.45) is 3.85. The van der Waals surface area contributed by atoms with Gasteiger partial charge in [-0.25, -0.2) is 9.67 Å². The molecule has 0 bridgehead atoms. The second-order valence-electron chi connectivity index (χ2n) is 4.37. The Balaban J connectivity index is 2.22. The second kappa shape index (κ2) is 4.93. The van der Waals surface area contributed by atoms with Crippen molar-refractivity contribution >= 4 is 0 Å². The van der Waals surface area contributed by atoms with Gasteiger partial charge in [0.15, 0.2) is 0 Å². The average molecular weight is 223 g/mol. The van der Waals surface area contributed by atoms with Crippen molar-refractivity contribution in [2.24, 2.45) is 5.73 Å². The van der Waals surface area contributed by atoms with Crippen LogP contribution in [0.3, 0.4) is 0 Å². The van der Waals surface area contributed by atoms with Gasteiger partial charge >= 0.3 is 0 Å². The van der Waals surface area contributed by atoms with Crippen molar-refractivity contribution in [3.63, 3.8) is 0 Å². The summed E-state index contributed by atoms with van der Waals surface area (Å²) in [5.41, 5.74) is 6.19. The van der Waals surface area contributed by atoms with Crippen LogP contribution in [0.2, 0.25) is 0 Å². The fourth-order valence-electron chi connectivity index (χ4n) is 2.52. The zero-order chi connectivity index (χ0) is 11.5. The first-order valence-corrected chi connectivity index (χ1v) is 6.15. The lowest BCUT2D eigenvalue weighted by Gasteiger charge is -2.25. The van der Waals surface area contributed by atoms with Crippen LogP contribution in [0.25, 0.3) is 0 Å². The number of nitrogens with zero attached hydrogens (tertiary/aromatic N) is 4. The van der Waals surface area contributed by atoms with Crippen molar-refractivity contribution in [3.8, 4) is 0 Å². The Morgan fingerprint density at radius 1 is 1.50 bits per heavy atom. The van der Waals surface area contributed by atoms with Gasteiger partial charge in [-0.1, -0.05) is 6.92 Å². The van der Waals surface area contributed by atoms with E-state index >= 15 is 0 Å². The number of hydrogen-bond donors (Lipinski definition) is 1. The molecule has 2 N–H and O–H groups in total. The Labute approximate surface area is 96.6 Å². The molecule has 1 aliphatic heterocycles. The molecule has 2 atom stereocenters. The van der Waals surface area contributed by atoms with Gasteiger partial charge in [-0.2, -0.15) is 5.10 Å². The van der Waals surface area contributed by atoms with E-state index in [1.165, 1.54) is 0 Å². The predicted octanol–water partition coefficient (Wildman–Crippen LogP) is 0.782. The van der Waals surface area contributed by atoms with Gasteiger partial charge in [-0.15, -0.1) is 0 Å². The van der Waals surface area contributed by atoms with Crippen LogP contribution in [0.4, 0.5) is 0 Å². The highest BCUT2D eigenvalue weighted by Gasteiger charge is 2.35. The van der Waals surface area contributed by atoms with Crippen LogP contribution in [0.1, 0.15) is 38.6 Å². The number of rotatable bonds is 4. The zero-order valence-electron chi connectivity index (χ0n) is 10.1. The van der Waals surface area contributed by atoms with E-state index in [1.807, 2.05) is 4.68 Å². The van der Waals surface area contributed by atoms with E-state index in [4.69, 9.17) is 5.73 Å². The van der Waals surface area contributed by atoms with Crippen molar-refractivity contribution in [1.29, 1.82) is 0 Å². The lowest BCUT2D eigenvalue weighted by molar-refractivity contribution is 0.232. The van der Waals surface area contributed by atoms with Gasteiger partial charge < -0.3 is 5.73 Å². The smallest absolute Gasteiger partial charge is 0.145 e. The maximum Gasteiger partial charge on any atom is 0.145 e. The lowest BCUT2D eigenvalue weighted by atomic mass is 10.1. The molecule has 1 saturated heterocycles. The molecule has 5 heteroatoms. The van der Waals surface area contributed by atoms with E-state index in [1.54, 1.807) is 6.33 Å². The largest absolute Gasteiger partial charge is 0.326 e. The number of nitrogens with two attached hydrogens (primary N) is 1. The van der Waals surface area contributed by atoms with Gasteiger partial charge in [0.1, 0.15) is 12.2 Å². The Bertz CT molecular complexity index is 333. The molecule has 1 aliphatic rings. The molecule has 0 radical (unpaired) electrons. The molecule has 2 unspecified atom stereocenters. The molecule has 0 saturated carbocycles. The SMILES string of the molecule is CCCN1CCC(N)C1c1ncnn1CC. The molecule has 2 heterocycles. The third-order valence-electron chi connectivity index (χ3n) is 3.27. The van der Waals surface area contributed by atoms with Crippen LogP contribution in [0.15, 0.2) is 6.33 Å². The molecule has 16 heavy (non-hydrogen) atoms. The Morgan fingerprint density at radius 2 is 2.31 bits per heavy atom. The van der Waals surface area contributed by atoms with Crippen molar-refractivity contribution < 1.29 is 0 Å². The molecule has 2 rings (SSSR count). The van der Waals surface area contributed by atoms with Crippen molar-refractivity contribution in [3.05, 3.63) is 12.2 Å². The third-order valence-corrected chi connectivity index (χ3v) is 3.27. The third kappa shape index (κ3) is 1.97. The molecule has 0 aliphatic carbocycles. The second-order valence-corrected chi connectivity index (χ2v) is 4.37. The van der Waals surface area contributed by atoms with E-state index in [-0.39, 0.29) is 12.1 Å². The molecular formula is C11H21N5. The van der Waals surface area contributed by atoms with Crippen molar-refractivity contribution in [1.82, 2.24) is 19.7 Å².